The normalized spacial score (nSPS) is 9.00. The van der Waals surface area contributed by atoms with E-state index in [1.165, 1.54) is 0 Å². The van der Waals surface area contributed by atoms with E-state index in [0.717, 1.165) is 4.47 Å². The highest BCUT2D eigenvalue weighted by Gasteiger charge is 2.03. The number of aromatic nitrogens is 1. The number of carbonyl (C=O) groups is 1. The third-order valence-electron chi connectivity index (χ3n) is 1.28. The van der Waals surface area contributed by atoms with Crippen molar-refractivity contribution in [1.82, 2.24) is 4.98 Å². The van der Waals surface area contributed by atoms with E-state index < -0.39 is 0 Å². The number of hydrogen-bond acceptors (Lipinski definition) is 2. The zero-order valence-electron chi connectivity index (χ0n) is 6.25. The molecule has 0 aliphatic carbocycles. The van der Waals surface area contributed by atoms with Gasteiger partial charge in [0.25, 0.3) is 0 Å². The molecule has 0 saturated heterocycles. The van der Waals surface area contributed by atoms with Crippen molar-refractivity contribution in [1.29, 1.82) is 0 Å². The number of pyridine rings is 1. The van der Waals surface area contributed by atoms with E-state index in [4.69, 9.17) is 6.42 Å². The maximum absolute atomic E-state index is 11.1. The minimum absolute atomic E-state index is 0.106. The van der Waals surface area contributed by atoms with Gasteiger partial charge in [0.05, 0.1) is 6.42 Å². The summed E-state index contributed by atoms with van der Waals surface area (Å²) in [6.45, 7) is 0. The number of Topliss-reactive ketones (excluding diaryl/α,β-unsaturated/α-hetero) is 1. The maximum Gasteiger partial charge on any atom is 0.193 e. The monoisotopic (exact) mass is 223 g/mol. The summed E-state index contributed by atoms with van der Waals surface area (Å²) < 4.78 is 0.847. The Labute approximate surface area is 79.1 Å². The Morgan fingerprint density at radius 1 is 1.67 bits per heavy atom. The van der Waals surface area contributed by atoms with Gasteiger partial charge in [0.15, 0.2) is 5.78 Å². The summed E-state index contributed by atoms with van der Waals surface area (Å²) >= 11 is 3.22. The average molecular weight is 224 g/mol. The van der Waals surface area contributed by atoms with E-state index >= 15 is 0 Å². The number of hydrogen-bond donors (Lipinski definition) is 0. The lowest BCUT2D eigenvalue weighted by atomic mass is 10.2. The minimum Gasteiger partial charge on any atom is -0.291 e. The van der Waals surface area contributed by atoms with E-state index in [2.05, 4.69) is 26.8 Å². The molecular formula is C9H6BrNO. The first-order chi connectivity index (χ1) is 5.74. The number of nitrogens with zero attached hydrogens (tertiary/aromatic N) is 1. The fourth-order valence-corrected chi connectivity index (χ4v) is 0.959. The van der Waals surface area contributed by atoms with Crippen molar-refractivity contribution in [3.8, 4) is 12.3 Å². The molecular weight excluding hydrogens is 218 g/mol. The molecule has 3 heteroatoms. The summed E-state index contributed by atoms with van der Waals surface area (Å²) in [5.41, 5.74) is 0.413. The van der Waals surface area contributed by atoms with Gasteiger partial charge in [-0.3, -0.25) is 9.78 Å². The quantitative estimate of drug-likeness (QED) is 0.568. The Morgan fingerprint density at radius 3 is 2.92 bits per heavy atom. The van der Waals surface area contributed by atoms with Crippen LogP contribution in [0.3, 0.4) is 0 Å². The highest BCUT2D eigenvalue weighted by atomic mass is 79.9. The van der Waals surface area contributed by atoms with Crippen LogP contribution in [0.4, 0.5) is 0 Å². The van der Waals surface area contributed by atoms with Gasteiger partial charge in [-0.05, 0) is 28.1 Å². The van der Waals surface area contributed by atoms with Gasteiger partial charge in [0, 0.05) is 10.7 Å². The third-order valence-corrected chi connectivity index (χ3v) is 1.74. The lowest BCUT2D eigenvalue weighted by molar-refractivity contribution is 0.0993. The Kier molecular flexibility index (Phi) is 3.01. The van der Waals surface area contributed by atoms with Crippen LogP contribution in [0.25, 0.3) is 0 Å². The van der Waals surface area contributed by atoms with Crippen LogP contribution in [0.5, 0.6) is 0 Å². The third kappa shape index (κ3) is 2.18. The molecule has 1 aromatic heterocycles. The Bertz CT molecular complexity index is 323. The van der Waals surface area contributed by atoms with Crippen LogP contribution in [0.15, 0.2) is 22.8 Å². The molecule has 0 N–H and O–H groups in total. The average Bonchev–Trinajstić information content (AvgIpc) is 2.06. The number of terminal acetylenes is 1. The number of rotatable bonds is 2. The minimum atomic E-state index is -0.120. The van der Waals surface area contributed by atoms with Gasteiger partial charge in [-0.25, -0.2) is 0 Å². The summed E-state index contributed by atoms with van der Waals surface area (Å²) in [6.07, 6.45) is 6.67. The largest absolute Gasteiger partial charge is 0.291 e. The topological polar surface area (TPSA) is 30.0 Å². The van der Waals surface area contributed by atoms with E-state index in [1.807, 2.05) is 0 Å². The summed E-state index contributed by atoms with van der Waals surface area (Å²) in [7, 11) is 0. The molecule has 0 unspecified atom stereocenters. The molecule has 12 heavy (non-hydrogen) atoms. The molecule has 1 aromatic rings. The van der Waals surface area contributed by atoms with E-state index in [9.17, 15) is 4.79 Å². The zero-order chi connectivity index (χ0) is 8.97. The van der Waals surface area contributed by atoms with Crippen LogP contribution in [0, 0.1) is 12.3 Å². The Balaban J connectivity index is 2.84. The van der Waals surface area contributed by atoms with Gasteiger partial charge >= 0.3 is 0 Å². The first-order valence-corrected chi connectivity index (χ1v) is 4.11. The van der Waals surface area contributed by atoms with Crippen LogP contribution in [0.2, 0.25) is 0 Å². The molecule has 0 spiro atoms. The number of halogens is 1. The van der Waals surface area contributed by atoms with Crippen molar-refractivity contribution in [2.24, 2.45) is 0 Å². The molecule has 0 atom stereocenters. The van der Waals surface area contributed by atoms with Crippen LogP contribution in [-0.2, 0) is 0 Å². The molecule has 0 aliphatic rings. The molecule has 1 rings (SSSR count). The maximum atomic E-state index is 11.1. The van der Waals surface area contributed by atoms with Gasteiger partial charge in [-0.2, -0.15) is 0 Å². The van der Waals surface area contributed by atoms with Crippen molar-refractivity contribution in [3.05, 3.63) is 28.5 Å². The summed E-state index contributed by atoms with van der Waals surface area (Å²) in [4.78, 5) is 15.0. The van der Waals surface area contributed by atoms with Gasteiger partial charge in [0.1, 0.15) is 5.69 Å². The molecule has 0 aromatic carbocycles. The standard InChI is InChI=1S/C9H6BrNO/c1-2-3-9(12)8-5-4-7(10)6-11-8/h1,4-6H,3H2. The summed E-state index contributed by atoms with van der Waals surface area (Å²) in [5, 5.41) is 0. The molecule has 0 fully saturated rings. The smallest absolute Gasteiger partial charge is 0.193 e. The molecule has 60 valence electrons. The second kappa shape index (κ2) is 4.03. The predicted molar refractivity (Wildman–Crippen MR) is 49.7 cm³/mol. The molecule has 0 radical (unpaired) electrons. The van der Waals surface area contributed by atoms with E-state index in [0.29, 0.717) is 5.69 Å². The van der Waals surface area contributed by atoms with Crippen molar-refractivity contribution in [2.45, 2.75) is 6.42 Å². The van der Waals surface area contributed by atoms with Crippen LogP contribution in [-0.4, -0.2) is 10.8 Å². The molecule has 0 saturated carbocycles. The molecule has 2 nitrogen and oxygen atoms in total. The van der Waals surface area contributed by atoms with E-state index in [1.54, 1.807) is 18.3 Å². The first kappa shape index (κ1) is 8.95. The molecule has 0 aliphatic heterocycles. The second-order valence-corrected chi connectivity index (χ2v) is 3.08. The van der Waals surface area contributed by atoms with Gasteiger partial charge < -0.3 is 0 Å². The van der Waals surface area contributed by atoms with Crippen LogP contribution >= 0.6 is 15.9 Å². The SMILES string of the molecule is C#CCC(=O)c1ccc(Br)cn1. The van der Waals surface area contributed by atoms with Gasteiger partial charge in [0.2, 0.25) is 0 Å². The Hall–Kier alpha value is -1.14. The Morgan fingerprint density at radius 2 is 2.42 bits per heavy atom. The summed E-state index contributed by atoms with van der Waals surface area (Å²) in [5.74, 6) is 2.16. The first-order valence-electron chi connectivity index (χ1n) is 3.32. The fourth-order valence-electron chi connectivity index (χ4n) is 0.724. The fraction of sp³-hybridized carbons (Fsp3) is 0.111. The highest BCUT2D eigenvalue weighted by molar-refractivity contribution is 9.10. The number of ketones is 1. The van der Waals surface area contributed by atoms with Crippen molar-refractivity contribution in [2.75, 3.05) is 0 Å². The highest BCUT2D eigenvalue weighted by Crippen LogP contribution is 2.08. The van der Waals surface area contributed by atoms with Crippen LogP contribution in [0.1, 0.15) is 16.9 Å². The molecule has 1 heterocycles. The predicted octanol–water partition coefficient (Wildman–Crippen LogP) is 2.05. The number of carbonyl (C=O) groups excluding carboxylic acids is 1. The van der Waals surface area contributed by atoms with Crippen molar-refractivity contribution < 1.29 is 4.79 Å². The van der Waals surface area contributed by atoms with Crippen molar-refractivity contribution in [3.63, 3.8) is 0 Å². The van der Waals surface area contributed by atoms with Crippen LogP contribution < -0.4 is 0 Å². The second-order valence-electron chi connectivity index (χ2n) is 2.17. The van der Waals surface area contributed by atoms with E-state index in [-0.39, 0.29) is 12.2 Å². The summed E-state index contributed by atoms with van der Waals surface area (Å²) in [6, 6.07) is 3.40. The zero-order valence-corrected chi connectivity index (χ0v) is 7.84. The van der Waals surface area contributed by atoms with Crippen molar-refractivity contribution >= 4 is 21.7 Å². The molecule has 0 bridgehead atoms. The molecule has 0 amide bonds. The lowest BCUT2D eigenvalue weighted by Gasteiger charge is -1.94. The van der Waals surface area contributed by atoms with Gasteiger partial charge in [-0.15, -0.1) is 6.42 Å². The van der Waals surface area contributed by atoms with Gasteiger partial charge in [-0.1, -0.05) is 5.92 Å². The lowest BCUT2D eigenvalue weighted by Crippen LogP contribution is -1.99.